The van der Waals surface area contributed by atoms with Gasteiger partial charge >= 0.3 is 18.3 Å². The minimum atomic E-state index is -5.08. The predicted molar refractivity (Wildman–Crippen MR) is 154 cm³/mol. The number of imidazole rings is 1. The number of carboxylic acid groups (broad SMARTS) is 1. The topological polar surface area (TPSA) is 157 Å². The van der Waals surface area contributed by atoms with Crippen LogP contribution in [0, 0.1) is 11.3 Å². The Morgan fingerprint density at radius 3 is 2.23 bits per heavy atom. The van der Waals surface area contributed by atoms with E-state index >= 15 is 0 Å². The van der Waals surface area contributed by atoms with Crippen LogP contribution in [-0.2, 0) is 17.4 Å². The third-order valence-electron chi connectivity index (χ3n) is 7.02. The molecule has 1 aromatic carbocycles. The summed E-state index contributed by atoms with van der Waals surface area (Å²) in [6, 6.07) is 11.9. The van der Waals surface area contributed by atoms with Crippen molar-refractivity contribution in [1.82, 2.24) is 24.3 Å². The Bertz CT molecular complexity index is 1740. The number of hydrogen-bond acceptors (Lipinski definition) is 8. The summed E-state index contributed by atoms with van der Waals surface area (Å²) in [5, 5.41) is 29.1. The number of aryl methyl sites for hydroxylation is 1. The molecule has 4 heterocycles. The molecular formula is C30H27F6N7O4. The second-order valence-electron chi connectivity index (χ2n) is 10.4. The molecule has 4 aromatic rings. The Hall–Kier alpha value is -5.24. The van der Waals surface area contributed by atoms with Crippen LogP contribution in [0.1, 0.15) is 46.6 Å². The number of halogens is 6. The lowest BCUT2D eigenvalue weighted by molar-refractivity contribution is -0.192. The average molecular weight is 664 g/mol. The zero-order valence-electron chi connectivity index (χ0n) is 24.4. The number of likely N-dealkylation sites (tertiary alicyclic amines) is 1. The number of anilines is 1. The Morgan fingerprint density at radius 2 is 1.68 bits per heavy atom. The number of hydrogen-bond donors (Lipinski definition) is 3. The molecule has 0 spiro atoms. The highest BCUT2D eigenvalue weighted by molar-refractivity contribution is 5.93. The zero-order chi connectivity index (χ0) is 34.4. The summed E-state index contributed by atoms with van der Waals surface area (Å²) in [6.07, 6.45) is -4.51. The van der Waals surface area contributed by atoms with E-state index in [1.165, 1.54) is 18.3 Å². The van der Waals surface area contributed by atoms with E-state index in [1.54, 1.807) is 33.7 Å². The van der Waals surface area contributed by atoms with Crippen molar-refractivity contribution >= 4 is 23.5 Å². The number of piperidine rings is 1. The minimum absolute atomic E-state index is 0.215. The van der Waals surface area contributed by atoms with Gasteiger partial charge in [0.05, 0.1) is 22.9 Å². The Kier molecular flexibility index (Phi) is 10.7. The van der Waals surface area contributed by atoms with Crippen LogP contribution in [0.3, 0.4) is 0 Å². The summed E-state index contributed by atoms with van der Waals surface area (Å²) < 4.78 is 72.6. The number of fused-ring (bicyclic) bond motifs is 1. The standard InChI is InChI=1S/C28H26F3N7O2.C2HF3O2/c29-28(30,31)20-6-4-19(5-7-20)23-14-25-35-24(26(40)37-12-9-22(39)10-13-37)17-38(25)27(36-23)33-11-1-2-21-8-3-18(15-32)16-34-21;3-2(4,5)1(6)7/h3-8,14,16-17,22,39H,1-2,9-13H2,(H,33,36);(H,6,7). The van der Waals surface area contributed by atoms with Crippen LogP contribution in [0.4, 0.5) is 32.3 Å². The molecule has 1 fully saturated rings. The zero-order valence-corrected chi connectivity index (χ0v) is 24.4. The molecule has 11 nitrogen and oxygen atoms in total. The van der Waals surface area contributed by atoms with Gasteiger partial charge in [0.25, 0.3) is 5.91 Å². The third kappa shape index (κ3) is 9.16. The first-order chi connectivity index (χ1) is 22.2. The van der Waals surface area contributed by atoms with Crippen LogP contribution in [0.15, 0.2) is 54.9 Å². The van der Waals surface area contributed by atoms with E-state index in [0.29, 0.717) is 73.7 Å². The lowest BCUT2D eigenvalue weighted by Crippen LogP contribution is -2.40. The van der Waals surface area contributed by atoms with E-state index in [9.17, 15) is 36.2 Å². The van der Waals surface area contributed by atoms with Crippen LogP contribution in [0.5, 0.6) is 0 Å². The number of rotatable bonds is 7. The fraction of sp³-hybridized carbons (Fsp3) is 0.333. The molecule has 1 aliphatic heterocycles. The smallest absolute Gasteiger partial charge is 0.475 e. The van der Waals surface area contributed by atoms with Gasteiger partial charge in [-0.15, -0.1) is 0 Å². The van der Waals surface area contributed by atoms with Gasteiger partial charge in [0, 0.05) is 49.4 Å². The summed E-state index contributed by atoms with van der Waals surface area (Å²) in [5.74, 6) is -2.63. The number of aliphatic hydroxyl groups excluding tert-OH is 1. The number of carbonyl (C=O) groups is 2. The third-order valence-corrected chi connectivity index (χ3v) is 7.02. The molecule has 1 saturated heterocycles. The number of aromatic nitrogens is 4. The van der Waals surface area contributed by atoms with Crippen molar-refractivity contribution in [2.45, 2.75) is 44.1 Å². The number of amides is 1. The summed E-state index contributed by atoms with van der Waals surface area (Å²) in [5.41, 5.74) is 2.07. The van der Waals surface area contributed by atoms with Crippen molar-refractivity contribution in [2.75, 3.05) is 25.0 Å². The first-order valence-electron chi connectivity index (χ1n) is 14.1. The van der Waals surface area contributed by atoms with Gasteiger partial charge in [-0.25, -0.2) is 14.8 Å². The van der Waals surface area contributed by atoms with E-state index < -0.39 is 30.0 Å². The molecule has 0 saturated carbocycles. The van der Waals surface area contributed by atoms with Gasteiger partial charge in [0.1, 0.15) is 17.4 Å². The summed E-state index contributed by atoms with van der Waals surface area (Å²) in [7, 11) is 0. The normalized spacial score (nSPS) is 13.9. The maximum Gasteiger partial charge on any atom is 0.490 e. The maximum atomic E-state index is 13.1. The van der Waals surface area contributed by atoms with E-state index in [2.05, 4.69) is 20.3 Å². The lowest BCUT2D eigenvalue weighted by atomic mass is 10.1. The summed E-state index contributed by atoms with van der Waals surface area (Å²) in [4.78, 5) is 37.1. The number of aliphatic carboxylic acids is 1. The van der Waals surface area contributed by atoms with E-state index in [4.69, 9.17) is 15.2 Å². The number of nitrogens with one attached hydrogen (secondary N) is 1. The van der Waals surface area contributed by atoms with Crippen molar-refractivity contribution in [1.29, 1.82) is 5.26 Å². The number of nitriles is 1. The molecule has 0 unspecified atom stereocenters. The number of carboxylic acids is 1. The lowest BCUT2D eigenvalue weighted by Gasteiger charge is -2.28. The Morgan fingerprint density at radius 1 is 1.02 bits per heavy atom. The molecule has 47 heavy (non-hydrogen) atoms. The molecule has 0 bridgehead atoms. The highest BCUT2D eigenvalue weighted by Gasteiger charge is 2.38. The van der Waals surface area contributed by atoms with Crippen molar-refractivity contribution in [3.63, 3.8) is 0 Å². The van der Waals surface area contributed by atoms with E-state index in [-0.39, 0.29) is 11.6 Å². The van der Waals surface area contributed by atoms with Gasteiger partial charge in [0.15, 0.2) is 0 Å². The van der Waals surface area contributed by atoms with Crippen LogP contribution in [0.2, 0.25) is 0 Å². The van der Waals surface area contributed by atoms with Crippen LogP contribution < -0.4 is 5.32 Å². The van der Waals surface area contributed by atoms with Gasteiger partial charge in [0.2, 0.25) is 5.95 Å². The van der Waals surface area contributed by atoms with Crippen molar-refractivity contribution in [3.05, 3.63) is 77.4 Å². The first-order valence-corrected chi connectivity index (χ1v) is 14.1. The fourth-order valence-corrected chi connectivity index (χ4v) is 4.53. The number of alkyl halides is 6. The minimum Gasteiger partial charge on any atom is -0.475 e. The van der Waals surface area contributed by atoms with Crippen molar-refractivity contribution in [2.24, 2.45) is 0 Å². The number of pyridine rings is 1. The molecule has 3 aromatic heterocycles. The number of aliphatic hydroxyl groups is 1. The van der Waals surface area contributed by atoms with Crippen LogP contribution >= 0.6 is 0 Å². The molecule has 5 rings (SSSR count). The quantitative estimate of drug-likeness (QED) is 0.184. The average Bonchev–Trinajstić information content (AvgIpc) is 3.47. The fourth-order valence-electron chi connectivity index (χ4n) is 4.53. The van der Waals surface area contributed by atoms with Gasteiger partial charge in [-0.2, -0.15) is 31.6 Å². The highest BCUT2D eigenvalue weighted by atomic mass is 19.4. The molecule has 0 aliphatic carbocycles. The van der Waals surface area contributed by atoms with Crippen LogP contribution in [-0.4, -0.2) is 78.3 Å². The second kappa shape index (κ2) is 14.5. The number of carbonyl (C=O) groups excluding carboxylic acids is 1. The monoisotopic (exact) mass is 663 g/mol. The van der Waals surface area contributed by atoms with E-state index in [0.717, 1.165) is 17.8 Å². The molecule has 1 amide bonds. The predicted octanol–water partition coefficient (Wildman–Crippen LogP) is 4.96. The summed E-state index contributed by atoms with van der Waals surface area (Å²) in [6.45, 7) is 1.35. The van der Waals surface area contributed by atoms with Gasteiger partial charge in [-0.05, 0) is 49.9 Å². The highest BCUT2D eigenvalue weighted by Crippen LogP contribution is 2.31. The van der Waals surface area contributed by atoms with Crippen molar-refractivity contribution < 1.29 is 46.1 Å². The molecule has 3 N–H and O–H groups in total. The first kappa shape index (κ1) is 34.6. The molecule has 1 aliphatic rings. The number of benzene rings is 1. The van der Waals surface area contributed by atoms with Gasteiger partial charge in [-0.1, -0.05) is 12.1 Å². The Balaban J connectivity index is 0.000000644. The Labute approximate surface area is 263 Å². The van der Waals surface area contributed by atoms with Gasteiger partial charge in [-0.3, -0.25) is 14.2 Å². The molecule has 0 atom stereocenters. The SMILES string of the molecule is N#Cc1ccc(CCCNc2nc(-c3ccc(C(F)(F)F)cc3)cc3nc(C(=O)N4CCC(O)CC4)cn23)nc1.O=C(O)C(F)(F)F. The van der Waals surface area contributed by atoms with Crippen LogP contribution in [0.25, 0.3) is 16.9 Å². The largest absolute Gasteiger partial charge is 0.490 e. The molecule has 248 valence electrons. The van der Waals surface area contributed by atoms with Gasteiger partial charge < -0.3 is 20.4 Å². The van der Waals surface area contributed by atoms with Crippen molar-refractivity contribution in [3.8, 4) is 17.3 Å². The molecular weight excluding hydrogens is 636 g/mol. The molecule has 0 radical (unpaired) electrons. The molecule has 17 heteroatoms. The van der Waals surface area contributed by atoms with E-state index in [1.807, 2.05) is 6.07 Å². The second-order valence-corrected chi connectivity index (χ2v) is 10.4. The number of nitrogens with zero attached hydrogens (tertiary/aromatic N) is 6. The summed E-state index contributed by atoms with van der Waals surface area (Å²) >= 11 is 0. The maximum absolute atomic E-state index is 13.1.